The van der Waals surface area contributed by atoms with Crippen molar-refractivity contribution in [3.05, 3.63) is 47.9 Å². The molecule has 1 aliphatic carbocycles. The largest absolute Gasteiger partial charge is 0.334 e. The van der Waals surface area contributed by atoms with Gasteiger partial charge in [0.05, 0.1) is 16.9 Å². The van der Waals surface area contributed by atoms with E-state index in [4.69, 9.17) is 0 Å². The normalized spacial score (nSPS) is 22.1. The van der Waals surface area contributed by atoms with Gasteiger partial charge in [0.2, 0.25) is 0 Å². The van der Waals surface area contributed by atoms with E-state index >= 15 is 0 Å². The second kappa shape index (κ2) is 5.90. The van der Waals surface area contributed by atoms with E-state index in [0.29, 0.717) is 17.7 Å². The Hall–Kier alpha value is -2.76. The van der Waals surface area contributed by atoms with Crippen LogP contribution in [-0.2, 0) is 0 Å². The molecule has 1 aromatic carbocycles. The molecular weight excluding hydrogens is 326 g/mol. The highest BCUT2D eigenvalue weighted by atomic mass is 16.2. The highest BCUT2D eigenvalue weighted by Crippen LogP contribution is 2.38. The van der Waals surface area contributed by atoms with Gasteiger partial charge in [-0.15, -0.1) is 5.10 Å². The molecular formula is C20H21N5O. The van der Waals surface area contributed by atoms with Gasteiger partial charge in [0.1, 0.15) is 0 Å². The average Bonchev–Trinajstić information content (AvgIpc) is 3.36. The molecule has 1 saturated heterocycles. The fourth-order valence-electron chi connectivity index (χ4n) is 4.64. The number of para-hydroxylation sites is 1. The minimum atomic E-state index is 0.0244. The molecule has 0 N–H and O–H groups in total. The summed E-state index contributed by atoms with van der Waals surface area (Å²) in [5.41, 5.74) is 2.95. The second-order valence-electron chi connectivity index (χ2n) is 7.33. The Labute approximate surface area is 151 Å². The molecule has 2 aliphatic rings. The number of rotatable bonds is 2. The zero-order chi connectivity index (χ0) is 17.7. The molecule has 3 heterocycles. The third kappa shape index (κ3) is 2.25. The fourth-order valence-corrected chi connectivity index (χ4v) is 4.64. The van der Waals surface area contributed by atoms with Gasteiger partial charge in [-0.05, 0) is 44.2 Å². The van der Waals surface area contributed by atoms with Gasteiger partial charge in [-0.2, -0.15) is 0 Å². The summed E-state index contributed by atoms with van der Waals surface area (Å²) in [4.78, 5) is 19.6. The van der Waals surface area contributed by atoms with Gasteiger partial charge in [0.15, 0.2) is 5.69 Å². The van der Waals surface area contributed by atoms with Crippen molar-refractivity contribution in [2.24, 2.45) is 5.92 Å². The van der Waals surface area contributed by atoms with Gasteiger partial charge in [-0.25, -0.2) is 4.68 Å². The smallest absolute Gasteiger partial charge is 0.276 e. The molecule has 6 nitrogen and oxygen atoms in total. The number of amides is 1. The third-order valence-electron chi connectivity index (χ3n) is 5.96. The molecule has 0 bridgehead atoms. The number of aromatic nitrogens is 4. The molecule has 1 saturated carbocycles. The van der Waals surface area contributed by atoms with Crippen LogP contribution in [-0.4, -0.2) is 43.4 Å². The molecule has 0 spiro atoms. The third-order valence-corrected chi connectivity index (χ3v) is 5.96. The molecule has 0 radical (unpaired) electrons. The van der Waals surface area contributed by atoms with Crippen molar-refractivity contribution in [3.8, 4) is 5.69 Å². The molecule has 0 unspecified atom stereocenters. The summed E-state index contributed by atoms with van der Waals surface area (Å²) >= 11 is 0. The molecule has 2 aromatic heterocycles. The maximum Gasteiger partial charge on any atom is 0.276 e. The van der Waals surface area contributed by atoms with E-state index in [-0.39, 0.29) is 5.91 Å². The summed E-state index contributed by atoms with van der Waals surface area (Å²) in [7, 11) is 0. The first-order valence-corrected chi connectivity index (χ1v) is 9.31. The van der Waals surface area contributed by atoms with E-state index in [2.05, 4.69) is 15.3 Å². The molecule has 1 aliphatic heterocycles. The molecule has 1 amide bonds. The summed E-state index contributed by atoms with van der Waals surface area (Å²) in [5.74, 6) is 0.702. The lowest BCUT2D eigenvalue weighted by atomic mass is 10.0. The number of benzene rings is 1. The van der Waals surface area contributed by atoms with Crippen molar-refractivity contribution in [2.45, 2.75) is 38.6 Å². The fraction of sp³-hybridized carbons (Fsp3) is 0.400. The quantitative estimate of drug-likeness (QED) is 0.714. The lowest BCUT2D eigenvalue weighted by molar-refractivity contribution is 0.0722. The predicted octanol–water partition coefficient (Wildman–Crippen LogP) is 3.14. The number of carbonyl (C=O) groups is 1. The van der Waals surface area contributed by atoms with E-state index < -0.39 is 0 Å². The average molecular weight is 347 g/mol. The lowest BCUT2D eigenvalue weighted by Crippen LogP contribution is -2.36. The summed E-state index contributed by atoms with van der Waals surface area (Å²) in [6, 6.07) is 10.3. The van der Waals surface area contributed by atoms with Crippen molar-refractivity contribution in [2.75, 3.05) is 6.54 Å². The van der Waals surface area contributed by atoms with Crippen LogP contribution in [0.2, 0.25) is 0 Å². The van der Waals surface area contributed by atoms with Gasteiger partial charge >= 0.3 is 0 Å². The Morgan fingerprint density at radius 1 is 1.15 bits per heavy atom. The van der Waals surface area contributed by atoms with Crippen LogP contribution in [0.15, 0.2) is 36.5 Å². The van der Waals surface area contributed by atoms with Gasteiger partial charge in [-0.1, -0.05) is 29.8 Å². The molecule has 6 heteroatoms. The summed E-state index contributed by atoms with van der Waals surface area (Å²) in [6.45, 7) is 2.76. The standard InChI is InChI=1S/C20H21N5O/c1-13-18(20(26)24-12-10-14-5-2-8-16(14)24)22-23-25(13)17-9-3-6-15-7-4-11-21-19(15)17/h3-4,6-7,9,11,14,16H,2,5,8,10,12H2,1H3/t14-,16-/m0/s1. The predicted molar refractivity (Wildman–Crippen MR) is 98.2 cm³/mol. The van der Waals surface area contributed by atoms with Gasteiger partial charge in [-0.3, -0.25) is 9.78 Å². The zero-order valence-electron chi connectivity index (χ0n) is 14.8. The number of hydrogen-bond acceptors (Lipinski definition) is 4. The monoisotopic (exact) mass is 347 g/mol. The summed E-state index contributed by atoms with van der Waals surface area (Å²) in [6.07, 6.45) is 6.50. The number of likely N-dealkylation sites (tertiary alicyclic amines) is 1. The van der Waals surface area contributed by atoms with E-state index in [1.807, 2.05) is 42.2 Å². The van der Waals surface area contributed by atoms with Crippen LogP contribution in [0.3, 0.4) is 0 Å². The van der Waals surface area contributed by atoms with Gasteiger partial charge < -0.3 is 4.90 Å². The van der Waals surface area contributed by atoms with Crippen LogP contribution in [0.4, 0.5) is 0 Å². The van der Waals surface area contributed by atoms with Crippen molar-refractivity contribution in [3.63, 3.8) is 0 Å². The summed E-state index contributed by atoms with van der Waals surface area (Å²) in [5, 5.41) is 9.59. The zero-order valence-corrected chi connectivity index (χ0v) is 14.8. The number of carbonyl (C=O) groups excluding carboxylic acids is 1. The molecule has 132 valence electrons. The highest BCUT2D eigenvalue weighted by molar-refractivity contribution is 5.94. The van der Waals surface area contributed by atoms with Crippen molar-refractivity contribution >= 4 is 16.8 Å². The van der Waals surface area contributed by atoms with Crippen LogP contribution in [0, 0.1) is 12.8 Å². The highest BCUT2D eigenvalue weighted by Gasteiger charge is 2.41. The van der Waals surface area contributed by atoms with Crippen LogP contribution >= 0.6 is 0 Å². The Morgan fingerprint density at radius 2 is 2.04 bits per heavy atom. The second-order valence-corrected chi connectivity index (χ2v) is 7.33. The number of pyridine rings is 1. The number of hydrogen-bond donors (Lipinski definition) is 0. The van der Waals surface area contributed by atoms with Gasteiger partial charge in [0.25, 0.3) is 5.91 Å². The number of fused-ring (bicyclic) bond motifs is 2. The van der Waals surface area contributed by atoms with Crippen LogP contribution in [0.25, 0.3) is 16.6 Å². The first-order chi connectivity index (χ1) is 12.7. The molecule has 2 fully saturated rings. The number of nitrogens with zero attached hydrogens (tertiary/aromatic N) is 5. The Bertz CT molecular complexity index is 990. The molecule has 3 aromatic rings. The minimum absolute atomic E-state index is 0.0244. The van der Waals surface area contributed by atoms with Crippen LogP contribution in [0.5, 0.6) is 0 Å². The molecule has 5 rings (SSSR count). The van der Waals surface area contributed by atoms with E-state index in [1.165, 1.54) is 12.8 Å². The lowest BCUT2D eigenvalue weighted by Gasteiger charge is -2.23. The molecule has 2 atom stereocenters. The first-order valence-electron chi connectivity index (χ1n) is 9.31. The molecule has 26 heavy (non-hydrogen) atoms. The Balaban J connectivity index is 1.53. The Kier molecular flexibility index (Phi) is 3.51. The van der Waals surface area contributed by atoms with E-state index in [9.17, 15) is 4.79 Å². The van der Waals surface area contributed by atoms with E-state index in [0.717, 1.165) is 41.7 Å². The Morgan fingerprint density at radius 3 is 2.96 bits per heavy atom. The first kappa shape index (κ1) is 15.5. The van der Waals surface area contributed by atoms with E-state index in [1.54, 1.807) is 10.9 Å². The maximum absolute atomic E-state index is 13.1. The van der Waals surface area contributed by atoms with Crippen LogP contribution < -0.4 is 0 Å². The van der Waals surface area contributed by atoms with Gasteiger partial charge in [0, 0.05) is 24.2 Å². The SMILES string of the molecule is Cc1c(C(=O)N2CC[C@@H]3CCC[C@@H]32)nnn1-c1cccc2cccnc12. The topological polar surface area (TPSA) is 63.9 Å². The van der Waals surface area contributed by atoms with Crippen molar-refractivity contribution < 1.29 is 4.79 Å². The maximum atomic E-state index is 13.1. The van der Waals surface area contributed by atoms with Crippen LogP contribution in [0.1, 0.15) is 41.9 Å². The van der Waals surface area contributed by atoms with Crippen molar-refractivity contribution in [1.82, 2.24) is 24.9 Å². The van der Waals surface area contributed by atoms with Crippen molar-refractivity contribution in [1.29, 1.82) is 0 Å². The summed E-state index contributed by atoms with van der Waals surface area (Å²) < 4.78 is 1.74. The minimum Gasteiger partial charge on any atom is -0.334 e.